The van der Waals surface area contributed by atoms with Gasteiger partial charge in [0, 0.05) is 17.9 Å². The molecule has 0 aliphatic carbocycles. The van der Waals surface area contributed by atoms with E-state index in [0.717, 1.165) is 0 Å². The zero-order valence-corrected chi connectivity index (χ0v) is 10.5. The van der Waals surface area contributed by atoms with Crippen LogP contribution in [0.25, 0.3) is 0 Å². The normalized spacial score (nSPS) is 44.7. The summed E-state index contributed by atoms with van der Waals surface area (Å²) in [5.41, 5.74) is -0.388. The van der Waals surface area contributed by atoms with Gasteiger partial charge in [0.1, 0.15) is 11.7 Å². The van der Waals surface area contributed by atoms with Gasteiger partial charge in [0.05, 0.1) is 18.6 Å². The van der Waals surface area contributed by atoms with E-state index in [4.69, 9.17) is 14.2 Å². The first-order chi connectivity index (χ1) is 8.43. The van der Waals surface area contributed by atoms with Gasteiger partial charge in [-0.05, 0) is 13.8 Å². The molecule has 3 rings (SSSR count). The summed E-state index contributed by atoms with van der Waals surface area (Å²) in [7, 11) is 0. The molecule has 3 saturated heterocycles. The van der Waals surface area contributed by atoms with Crippen molar-refractivity contribution in [2.75, 3.05) is 6.61 Å². The third kappa shape index (κ3) is 1.37. The Morgan fingerprint density at radius 1 is 1.56 bits per heavy atom. The molecule has 0 aromatic heterocycles. The zero-order chi connectivity index (χ0) is 13.1. The summed E-state index contributed by atoms with van der Waals surface area (Å²) in [4.78, 5) is 23.4. The fourth-order valence-corrected chi connectivity index (χ4v) is 3.35. The molecule has 0 saturated carbocycles. The second-order valence-corrected chi connectivity index (χ2v) is 5.52. The first-order valence-electron chi connectivity index (χ1n) is 6.14. The van der Waals surface area contributed by atoms with E-state index in [0.29, 0.717) is 18.6 Å². The van der Waals surface area contributed by atoms with Crippen LogP contribution in [-0.2, 0) is 23.8 Å². The minimum absolute atomic E-state index is 0.0469. The van der Waals surface area contributed by atoms with Crippen LogP contribution < -0.4 is 0 Å². The summed E-state index contributed by atoms with van der Waals surface area (Å²) in [5.74, 6) is -0.859. The highest BCUT2D eigenvalue weighted by atomic mass is 16.6. The van der Waals surface area contributed by atoms with Gasteiger partial charge in [0.15, 0.2) is 0 Å². The highest BCUT2D eigenvalue weighted by Crippen LogP contribution is 2.54. The van der Waals surface area contributed by atoms with Crippen molar-refractivity contribution in [2.45, 2.75) is 38.1 Å². The zero-order valence-electron chi connectivity index (χ0n) is 10.5. The SMILES string of the molecule is C=C(C)C(=O)OC1CC2OC1(C)C1C(=O)OCC21. The molecule has 3 fully saturated rings. The molecular formula is C13H16O5. The summed E-state index contributed by atoms with van der Waals surface area (Å²) in [6.07, 6.45) is 0.195. The smallest absolute Gasteiger partial charge is 0.333 e. The molecule has 0 aromatic carbocycles. The van der Waals surface area contributed by atoms with Gasteiger partial charge in [0.2, 0.25) is 0 Å². The van der Waals surface area contributed by atoms with E-state index in [-0.39, 0.29) is 23.9 Å². The topological polar surface area (TPSA) is 61.8 Å². The fraction of sp³-hybridized carbons (Fsp3) is 0.692. The molecule has 3 aliphatic heterocycles. The van der Waals surface area contributed by atoms with Crippen molar-refractivity contribution in [2.24, 2.45) is 11.8 Å². The van der Waals surface area contributed by atoms with Gasteiger partial charge < -0.3 is 14.2 Å². The Balaban J connectivity index is 1.82. The number of hydrogen-bond acceptors (Lipinski definition) is 5. The number of ether oxygens (including phenoxy) is 3. The van der Waals surface area contributed by atoms with Crippen LogP contribution in [0.5, 0.6) is 0 Å². The number of cyclic esters (lactones) is 1. The summed E-state index contributed by atoms with van der Waals surface area (Å²) < 4.78 is 16.4. The lowest BCUT2D eigenvalue weighted by atomic mass is 9.72. The summed E-state index contributed by atoms with van der Waals surface area (Å²) in [6.45, 7) is 7.41. The molecule has 0 N–H and O–H groups in total. The average molecular weight is 252 g/mol. The number of carbonyl (C=O) groups is 2. The van der Waals surface area contributed by atoms with Gasteiger partial charge in [-0.15, -0.1) is 0 Å². The molecule has 0 aromatic rings. The second kappa shape index (κ2) is 3.57. The van der Waals surface area contributed by atoms with Gasteiger partial charge in [-0.2, -0.15) is 0 Å². The van der Waals surface area contributed by atoms with Crippen LogP contribution in [0, 0.1) is 11.8 Å². The number of carbonyl (C=O) groups excluding carboxylic acids is 2. The average Bonchev–Trinajstić information content (AvgIpc) is 2.89. The molecule has 0 amide bonds. The molecule has 0 spiro atoms. The number of rotatable bonds is 2. The Bertz CT molecular complexity index is 443. The van der Waals surface area contributed by atoms with E-state index in [1.54, 1.807) is 6.92 Å². The lowest BCUT2D eigenvalue weighted by molar-refractivity contribution is -0.163. The van der Waals surface area contributed by atoms with Crippen LogP contribution in [0.3, 0.4) is 0 Å². The third-order valence-electron chi connectivity index (χ3n) is 4.28. The number of hydrogen-bond donors (Lipinski definition) is 0. The third-order valence-corrected chi connectivity index (χ3v) is 4.28. The second-order valence-electron chi connectivity index (χ2n) is 5.52. The van der Waals surface area contributed by atoms with Crippen LogP contribution in [0.4, 0.5) is 0 Å². The van der Waals surface area contributed by atoms with Crippen LogP contribution in [-0.4, -0.2) is 36.4 Å². The molecule has 5 unspecified atom stereocenters. The maximum absolute atomic E-state index is 11.8. The van der Waals surface area contributed by atoms with Gasteiger partial charge in [-0.3, -0.25) is 4.79 Å². The molecule has 5 heteroatoms. The largest absolute Gasteiger partial charge is 0.465 e. The Morgan fingerprint density at radius 2 is 2.28 bits per heavy atom. The molecule has 0 radical (unpaired) electrons. The van der Waals surface area contributed by atoms with E-state index in [1.165, 1.54) is 0 Å². The predicted molar refractivity (Wildman–Crippen MR) is 60.5 cm³/mol. The fourth-order valence-electron chi connectivity index (χ4n) is 3.35. The molecule has 98 valence electrons. The lowest BCUT2D eigenvalue weighted by Gasteiger charge is -2.33. The maximum atomic E-state index is 11.8. The van der Waals surface area contributed by atoms with Crippen molar-refractivity contribution >= 4 is 11.9 Å². The minimum Gasteiger partial charge on any atom is -0.465 e. The molecule has 18 heavy (non-hydrogen) atoms. The van der Waals surface area contributed by atoms with E-state index in [9.17, 15) is 9.59 Å². The van der Waals surface area contributed by atoms with E-state index in [2.05, 4.69) is 6.58 Å². The van der Waals surface area contributed by atoms with Gasteiger partial charge in [-0.25, -0.2) is 4.79 Å². The monoisotopic (exact) mass is 252 g/mol. The van der Waals surface area contributed by atoms with Crippen LogP contribution >= 0.6 is 0 Å². The van der Waals surface area contributed by atoms with E-state index >= 15 is 0 Å². The maximum Gasteiger partial charge on any atom is 0.333 e. The summed E-state index contributed by atoms with van der Waals surface area (Å²) >= 11 is 0. The predicted octanol–water partition coefficient (Wildman–Crippen LogP) is 0.825. The molecule has 3 aliphatic rings. The standard InChI is InChI=1S/C13H16O5/c1-6(2)11(14)17-9-4-8-7-5-16-12(15)10(7)13(9,3)18-8/h7-10H,1,4-5H2,2-3H3. The van der Waals surface area contributed by atoms with Crippen LogP contribution in [0.2, 0.25) is 0 Å². The van der Waals surface area contributed by atoms with Gasteiger partial charge >= 0.3 is 11.9 Å². The Kier molecular flexibility index (Phi) is 2.32. The Hall–Kier alpha value is -1.36. The molecule has 5 atom stereocenters. The van der Waals surface area contributed by atoms with Crippen molar-refractivity contribution in [3.63, 3.8) is 0 Å². The van der Waals surface area contributed by atoms with Crippen LogP contribution in [0.15, 0.2) is 12.2 Å². The van der Waals surface area contributed by atoms with E-state index < -0.39 is 17.7 Å². The van der Waals surface area contributed by atoms with Crippen molar-refractivity contribution in [3.8, 4) is 0 Å². The first kappa shape index (κ1) is 11.7. The van der Waals surface area contributed by atoms with Crippen LogP contribution in [0.1, 0.15) is 20.3 Å². The quantitative estimate of drug-likeness (QED) is 0.538. The van der Waals surface area contributed by atoms with Gasteiger partial charge in [-0.1, -0.05) is 6.58 Å². The molecule has 2 bridgehead atoms. The van der Waals surface area contributed by atoms with E-state index in [1.807, 2.05) is 6.92 Å². The lowest BCUT2D eigenvalue weighted by Crippen LogP contribution is -2.49. The number of esters is 2. The Morgan fingerprint density at radius 3 is 2.94 bits per heavy atom. The van der Waals surface area contributed by atoms with Crippen molar-refractivity contribution in [1.29, 1.82) is 0 Å². The number of fused-ring (bicyclic) bond motifs is 5. The molecule has 3 heterocycles. The summed E-state index contributed by atoms with van der Waals surface area (Å²) in [5, 5.41) is 0. The van der Waals surface area contributed by atoms with Crippen molar-refractivity contribution < 1.29 is 23.8 Å². The molecular weight excluding hydrogens is 236 g/mol. The highest BCUT2D eigenvalue weighted by molar-refractivity contribution is 5.87. The van der Waals surface area contributed by atoms with Crippen molar-refractivity contribution in [3.05, 3.63) is 12.2 Å². The van der Waals surface area contributed by atoms with Crippen molar-refractivity contribution in [1.82, 2.24) is 0 Å². The summed E-state index contributed by atoms with van der Waals surface area (Å²) in [6, 6.07) is 0. The minimum atomic E-state index is -0.742. The van der Waals surface area contributed by atoms with Gasteiger partial charge in [0.25, 0.3) is 0 Å². The Labute approximate surface area is 105 Å². The first-order valence-corrected chi connectivity index (χ1v) is 6.14. The molecule has 5 nitrogen and oxygen atoms in total. The highest BCUT2D eigenvalue weighted by Gasteiger charge is 2.68.